The molecular formula is C32H45NO5. The van der Waals surface area contributed by atoms with E-state index in [1.165, 1.54) is 19.3 Å². The number of likely N-dealkylation sites (tertiary alicyclic amines) is 1. The Bertz CT molecular complexity index is 1060. The molecule has 0 aromatic carbocycles. The first-order chi connectivity index (χ1) is 18.3. The zero-order chi connectivity index (χ0) is 26.3. The summed E-state index contributed by atoms with van der Waals surface area (Å²) in [7, 11) is 0. The fraction of sp³-hybridized carbons (Fsp3) is 0.812. The van der Waals surface area contributed by atoms with Crippen molar-refractivity contribution in [3.63, 3.8) is 0 Å². The summed E-state index contributed by atoms with van der Waals surface area (Å²) in [5.74, 6) is 1.20. The van der Waals surface area contributed by atoms with Crippen molar-refractivity contribution in [1.82, 2.24) is 4.90 Å². The topological polar surface area (TPSA) is 76.1 Å². The quantitative estimate of drug-likeness (QED) is 0.543. The first-order valence-corrected chi connectivity index (χ1v) is 15.4. The molecule has 6 nitrogen and oxygen atoms in total. The minimum absolute atomic E-state index is 0.0450. The standard InChI is InChI=1S/C32H45NO5/c1-30-13-12-22(34)16-21(30)10-11-23-24-17-27-32(26(36)19-33-14-6-7-15-33,31(24,2)18-25(35)28(23)30)38-29(37-27)20-8-4-3-5-9-20/h10,12-13,20,23-25,27-29,35H,3-9,11,14-19H2,1-2H3/t23-,24-,25-,27+,28+,29+,30-,31-,32+/m0/s1. The Balaban J connectivity index is 1.25. The summed E-state index contributed by atoms with van der Waals surface area (Å²) in [6.07, 6.45) is 15.8. The van der Waals surface area contributed by atoms with E-state index in [1.54, 1.807) is 6.08 Å². The number of rotatable bonds is 4. The molecule has 0 unspecified atom stereocenters. The van der Waals surface area contributed by atoms with Crippen LogP contribution in [0, 0.1) is 34.5 Å². The van der Waals surface area contributed by atoms with Gasteiger partial charge in [-0.15, -0.1) is 0 Å². The highest BCUT2D eigenvalue weighted by Gasteiger charge is 2.76. The lowest BCUT2D eigenvalue weighted by Crippen LogP contribution is -2.64. The van der Waals surface area contributed by atoms with Gasteiger partial charge in [-0.1, -0.05) is 50.8 Å². The Hall–Kier alpha value is -1.34. The van der Waals surface area contributed by atoms with E-state index in [2.05, 4.69) is 30.9 Å². The number of nitrogens with zero attached hydrogens (tertiary/aromatic N) is 1. The highest BCUT2D eigenvalue weighted by atomic mass is 16.7. The van der Waals surface area contributed by atoms with Crippen molar-refractivity contribution in [3.05, 3.63) is 23.8 Å². The van der Waals surface area contributed by atoms with E-state index >= 15 is 0 Å². The van der Waals surface area contributed by atoms with Gasteiger partial charge in [0.15, 0.2) is 23.5 Å². The molecule has 7 rings (SSSR count). The van der Waals surface area contributed by atoms with Crippen LogP contribution in [0.25, 0.3) is 0 Å². The van der Waals surface area contributed by atoms with E-state index in [-0.39, 0.29) is 47.1 Å². The number of hydrogen-bond acceptors (Lipinski definition) is 6. The smallest absolute Gasteiger partial charge is 0.181 e. The monoisotopic (exact) mass is 523 g/mol. The van der Waals surface area contributed by atoms with E-state index < -0.39 is 17.1 Å². The molecule has 208 valence electrons. The molecule has 6 heteroatoms. The molecule has 2 saturated heterocycles. The van der Waals surface area contributed by atoms with Crippen LogP contribution in [0.1, 0.15) is 84.5 Å². The van der Waals surface area contributed by atoms with Crippen LogP contribution >= 0.6 is 0 Å². The summed E-state index contributed by atoms with van der Waals surface area (Å²) in [5, 5.41) is 11.9. The predicted molar refractivity (Wildman–Crippen MR) is 143 cm³/mol. The molecule has 7 aliphatic rings. The maximum atomic E-state index is 14.5. The van der Waals surface area contributed by atoms with Gasteiger partial charge in [0.25, 0.3) is 0 Å². The number of ketones is 2. The van der Waals surface area contributed by atoms with E-state index in [0.29, 0.717) is 25.3 Å². The number of hydrogen-bond donors (Lipinski definition) is 1. The maximum absolute atomic E-state index is 14.5. The van der Waals surface area contributed by atoms with Crippen molar-refractivity contribution in [2.45, 2.75) is 109 Å². The van der Waals surface area contributed by atoms with Crippen LogP contribution in [0.2, 0.25) is 0 Å². The van der Waals surface area contributed by atoms with Crippen LogP contribution in [-0.4, -0.2) is 65.3 Å². The average molecular weight is 524 g/mol. The number of aliphatic hydroxyl groups excluding tert-OH is 1. The van der Waals surface area contributed by atoms with Gasteiger partial charge in [0.1, 0.15) is 0 Å². The van der Waals surface area contributed by atoms with Crippen LogP contribution in [0.5, 0.6) is 0 Å². The minimum atomic E-state index is -0.989. The lowest BCUT2D eigenvalue weighted by Gasteiger charge is -2.59. The summed E-state index contributed by atoms with van der Waals surface area (Å²) in [4.78, 5) is 29.0. The van der Waals surface area contributed by atoms with Gasteiger partial charge >= 0.3 is 0 Å². The Labute approximate surface area is 227 Å². The van der Waals surface area contributed by atoms with Crippen molar-refractivity contribution in [2.24, 2.45) is 34.5 Å². The second-order valence-electron chi connectivity index (χ2n) is 14.1. The molecule has 2 heterocycles. The lowest BCUT2D eigenvalue weighted by molar-refractivity contribution is -0.207. The molecule has 38 heavy (non-hydrogen) atoms. The average Bonchev–Trinajstić information content (AvgIpc) is 3.60. The second-order valence-corrected chi connectivity index (χ2v) is 14.1. The SMILES string of the molecule is C[C@]12C=CC(=O)CC1=CC[C@@H]1[C@@H]2[C@@H](O)C[C@@]2(C)[C@H]1C[C@H]1O[C@@H](C3CCCCC3)O[C@]12C(=O)CN1CCCC1. The van der Waals surface area contributed by atoms with Crippen molar-refractivity contribution in [3.8, 4) is 0 Å². The third-order valence-electron chi connectivity index (χ3n) is 12.2. The molecule has 3 saturated carbocycles. The third kappa shape index (κ3) is 3.52. The number of carbonyl (C=O) groups is 2. The molecule has 0 spiro atoms. The Morgan fingerprint density at radius 1 is 1.13 bits per heavy atom. The lowest BCUT2D eigenvalue weighted by atomic mass is 9.47. The van der Waals surface area contributed by atoms with Crippen molar-refractivity contribution in [1.29, 1.82) is 0 Å². The second kappa shape index (κ2) is 9.09. The van der Waals surface area contributed by atoms with Gasteiger partial charge in [-0.05, 0) is 75.9 Å². The Morgan fingerprint density at radius 3 is 2.66 bits per heavy atom. The number of carbonyl (C=O) groups excluding carboxylic acids is 2. The minimum Gasteiger partial charge on any atom is -0.393 e. The largest absolute Gasteiger partial charge is 0.393 e. The summed E-state index contributed by atoms with van der Waals surface area (Å²) in [6.45, 7) is 6.83. The maximum Gasteiger partial charge on any atom is 0.181 e. The van der Waals surface area contributed by atoms with Gasteiger partial charge < -0.3 is 14.6 Å². The zero-order valence-electron chi connectivity index (χ0n) is 23.2. The fourth-order valence-corrected chi connectivity index (χ4v) is 10.4. The van der Waals surface area contributed by atoms with Crippen molar-refractivity contribution in [2.75, 3.05) is 19.6 Å². The number of fused-ring (bicyclic) bond motifs is 7. The van der Waals surface area contributed by atoms with Crippen LogP contribution < -0.4 is 0 Å². The van der Waals surface area contributed by atoms with E-state index in [1.807, 2.05) is 0 Å². The normalized spacial score (nSPS) is 48.8. The van der Waals surface area contributed by atoms with Gasteiger partial charge in [-0.3, -0.25) is 14.5 Å². The third-order valence-corrected chi connectivity index (χ3v) is 12.2. The summed E-state index contributed by atoms with van der Waals surface area (Å²) in [6, 6.07) is 0. The van der Waals surface area contributed by atoms with Crippen LogP contribution in [0.3, 0.4) is 0 Å². The van der Waals surface area contributed by atoms with Crippen molar-refractivity contribution < 1.29 is 24.2 Å². The molecule has 0 bridgehead atoms. The molecule has 9 atom stereocenters. The van der Waals surface area contributed by atoms with E-state index in [0.717, 1.165) is 57.2 Å². The Morgan fingerprint density at radius 2 is 1.89 bits per heavy atom. The van der Waals surface area contributed by atoms with Gasteiger partial charge in [0.2, 0.25) is 0 Å². The summed E-state index contributed by atoms with van der Waals surface area (Å²) < 4.78 is 13.9. The molecule has 5 fully saturated rings. The highest BCUT2D eigenvalue weighted by molar-refractivity contribution is 5.93. The zero-order valence-corrected chi connectivity index (χ0v) is 23.2. The first kappa shape index (κ1) is 25.6. The number of allylic oxidation sites excluding steroid dienone is 4. The predicted octanol–water partition coefficient (Wildman–Crippen LogP) is 4.60. The molecule has 1 N–H and O–H groups in total. The Kier molecular flexibility index (Phi) is 6.13. The number of ether oxygens (including phenoxy) is 2. The van der Waals surface area contributed by atoms with Gasteiger partial charge in [0.05, 0.1) is 18.8 Å². The van der Waals surface area contributed by atoms with Gasteiger partial charge in [-0.2, -0.15) is 0 Å². The summed E-state index contributed by atoms with van der Waals surface area (Å²) in [5.41, 5.74) is -0.614. The number of aliphatic hydroxyl groups is 1. The van der Waals surface area contributed by atoms with Gasteiger partial charge in [0, 0.05) is 29.1 Å². The molecule has 2 aliphatic heterocycles. The molecule has 0 radical (unpaired) electrons. The molecule has 0 amide bonds. The first-order valence-electron chi connectivity index (χ1n) is 15.4. The molecular weight excluding hydrogens is 478 g/mol. The van der Waals surface area contributed by atoms with E-state index in [4.69, 9.17) is 9.47 Å². The fourth-order valence-electron chi connectivity index (χ4n) is 10.4. The van der Waals surface area contributed by atoms with Crippen molar-refractivity contribution >= 4 is 11.6 Å². The van der Waals surface area contributed by atoms with Crippen LogP contribution in [0.15, 0.2) is 23.8 Å². The molecule has 0 aromatic rings. The molecule has 5 aliphatic carbocycles. The van der Waals surface area contributed by atoms with Crippen LogP contribution in [0.4, 0.5) is 0 Å². The summed E-state index contributed by atoms with van der Waals surface area (Å²) >= 11 is 0. The molecule has 0 aromatic heterocycles. The van der Waals surface area contributed by atoms with Gasteiger partial charge in [-0.25, -0.2) is 0 Å². The number of Topliss-reactive ketones (excluding diaryl/α,β-unsaturated/α-hetero) is 1. The van der Waals surface area contributed by atoms with Crippen LogP contribution in [-0.2, 0) is 19.1 Å². The highest BCUT2D eigenvalue weighted by Crippen LogP contribution is 2.69. The van der Waals surface area contributed by atoms with E-state index in [9.17, 15) is 14.7 Å².